The molecule has 1 aromatic heterocycles. The number of Topliss-reactive ketones (excluding diaryl/α,β-unsaturated/α-hetero) is 1. The predicted molar refractivity (Wildman–Crippen MR) is 116 cm³/mol. The van der Waals surface area contributed by atoms with Crippen molar-refractivity contribution in [2.75, 3.05) is 16.9 Å². The maximum absolute atomic E-state index is 12.9. The lowest BCUT2D eigenvalue weighted by Crippen LogP contribution is -2.22. The molecule has 1 saturated carbocycles. The molecule has 1 aliphatic rings. The van der Waals surface area contributed by atoms with Gasteiger partial charge in [-0.05, 0) is 37.3 Å². The molecule has 0 radical (unpaired) electrons. The average molecular weight is 454 g/mol. The van der Waals surface area contributed by atoms with E-state index in [1.165, 1.54) is 23.1 Å². The number of carbonyl (C=O) groups is 3. The SMILES string of the molecule is CSc1sc(NC(=O)Nc2ccc(Cl)cc2C(=O)C2CCCC2)nc1CC(=O)O. The third-order valence-corrected chi connectivity index (χ3v) is 7.01. The van der Waals surface area contributed by atoms with Crippen molar-refractivity contribution in [1.82, 2.24) is 4.98 Å². The van der Waals surface area contributed by atoms with Crippen molar-refractivity contribution in [1.29, 1.82) is 0 Å². The summed E-state index contributed by atoms with van der Waals surface area (Å²) in [4.78, 5) is 40.5. The van der Waals surface area contributed by atoms with Gasteiger partial charge >= 0.3 is 12.0 Å². The molecular weight excluding hydrogens is 434 g/mol. The zero-order valence-electron chi connectivity index (χ0n) is 15.7. The van der Waals surface area contributed by atoms with Crippen LogP contribution in [-0.4, -0.2) is 34.1 Å². The van der Waals surface area contributed by atoms with Crippen LogP contribution in [0.1, 0.15) is 41.7 Å². The summed E-state index contributed by atoms with van der Waals surface area (Å²) in [6.45, 7) is 0. The number of benzene rings is 1. The molecule has 2 amide bonds. The Labute approximate surface area is 181 Å². The molecule has 1 fully saturated rings. The number of hydrogen-bond acceptors (Lipinski definition) is 6. The summed E-state index contributed by atoms with van der Waals surface area (Å²) in [6.07, 6.45) is 5.35. The van der Waals surface area contributed by atoms with Crippen molar-refractivity contribution >= 4 is 63.3 Å². The summed E-state index contributed by atoms with van der Waals surface area (Å²) >= 11 is 8.65. The predicted octanol–water partition coefficient (Wildman–Crippen LogP) is 5.16. The highest BCUT2D eigenvalue weighted by molar-refractivity contribution is 8.00. The van der Waals surface area contributed by atoms with Crippen molar-refractivity contribution in [3.63, 3.8) is 0 Å². The van der Waals surface area contributed by atoms with Gasteiger partial charge in [0.2, 0.25) is 0 Å². The fourth-order valence-corrected chi connectivity index (χ4v) is 5.10. The van der Waals surface area contributed by atoms with E-state index in [2.05, 4.69) is 15.6 Å². The van der Waals surface area contributed by atoms with Crippen LogP contribution in [0.25, 0.3) is 0 Å². The quantitative estimate of drug-likeness (QED) is 0.394. The monoisotopic (exact) mass is 453 g/mol. The molecule has 0 bridgehead atoms. The Morgan fingerprint density at radius 2 is 2.00 bits per heavy atom. The van der Waals surface area contributed by atoms with Crippen LogP contribution in [-0.2, 0) is 11.2 Å². The number of halogens is 1. The van der Waals surface area contributed by atoms with E-state index in [9.17, 15) is 14.4 Å². The number of anilines is 2. The van der Waals surface area contributed by atoms with Gasteiger partial charge in [0.15, 0.2) is 10.9 Å². The van der Waals surface area contributed by atoms with E-state index in [0.29, 0.717) is 27.1 Å². The van der Waals surface area contributed by atoms with Gasteiger partial charge in [-0.15, -0.1) is 11.8 Å². The Morgan fingerprint density at radius 1 is 1.28 bits per heavy atom. The highest BCUT2D eigenvalue weighted by Gasteiger charge is 2.26. The molecule has 3 N–H and O–H groups in total. The molecule has 2 aromatic rings. The molecule has 29 heavy (non-hydrogen) atoms. The van der Waals surface area contributed by atoms with Gasteiger partial charge < -0.3 is 10.4 Å². The van der Waals surface area contributed by atoms with Crippen LogP contribution in [0, 0.1) is 5.92 Å². The van der Waals surface area contributed by atoms with E-state index in [-0.39, 0.29) is 18.1 Å². The van der Waals surface area contributed by atoms with Crippen LogP contribution in [0.2, 0.25) is 5.02 Å². The number of ketones is 1. The Hall–Kier alpha value is -2.10. The zero-order valence-corrected chi connectivity index (χ0v) is 18.0. The van der Waals surface area contributed by atoms with Gasteiger partial charge in [-0.2, -0.15) is 0 Å². The number of aliphatic carboxylic acids is 1. The highest BCUT2D eigenvalue weighted by Crippen LogP contribution is 2.33. The Bertz CT molecular complexity index is 942. The summed E-state index contributed by atoms with van der Waals surface area (Å²) in [6, 6.07) is 4.24. The molecule has 1 aromatic carbocycles. The summed E-state index contributed by atoms with van der Waals surface area (Å²) in [5, 5.41) is 15.0. The first-order valence-corrected chi connectivity index (χ1v) is 11.5. The molecule has 0 aliphatic heterocycles. The third-order valence-electron chi connectivity index (χ3n) is 4.61. The second kappa shape index (κ2) is 9.60. The van der Waals surface area contributed by atoms with Gasteiger partial charge in [-0.25, -0.2) is 9.78 Å². The molecule has 3 rings (SSSR count). The highest BCUT2D eigenvalue weighted by atomic mass is 35.5. The first kappa shape index (κ1) is 21.6. The Kier molecular flexibility index (Phi) is 7.15. The van der Waals surface area contributed by atoms with E-state index >= 15 is 0 Å². The van der Waals surface area contributed by atoms with Gasteiger partial charge in [0.1, 0.15) is 0 Å². The Morgan fingerprint density at radius 3 is 2.66 bits per heavy atom. The van der Waals surface area contributed by atoms with Crippen molar-refractivity contribution < 1.29 is 19.5 Å². The average Bonchev–Trinajstić information content (AvgIpc) is 3.32. The molecule has 0 saturated heterocycles. The van der Waals surface area contributed by atoms with Crippen molar-refractivity contribution in [3.8, 4) is 0 Å². The van der Waals surface area contributed by atoms with Crippen molar-refractivity contribution in [2.24, 2.45) is 5.92 Å². The van der Waals surface area contributed by atoms with E-state index in [1.54, 1.807) is 18.2 Å². The summed E-state index contributed by atoms with van der Waals surface area (Å²) in [5.74, 6) is -1.04. The molecule has 1 aliphatic carbocycles. The van der Waals surface area contributed by atoms with Crippen molar-refractivity contribution in [3.05, 3.63) is 34.5 Å². The fourth-order valence-electron chi connectivity index (χ4n) is 3.29. The number of carboxylic acid groups (broad SMARTS) is 1. The third kappa shape index (κ3) is 5.49. The summed E-state index contributed by atoms with van der Waals surface area (Å²) in [7, 11) is 0. The number of nitrogens with one attached hydrogen (secondary N) is 2. The zero-order chi connectivity index (χ0) is 21.0. The maximum Gasteiger partial charge on any atom is 0.325 e. The normalized spacial score (nSPS) is 14.0. The molecule has 1 heterocycles. The minimum Gasteiger partial charge on any atom is -0.481 e. The second-order valence-electron chi connectivity index (χ2n) is 6.64. The van der Waals surface area contributed by atoms with Crippen LogP contribution < -0.4 is 10.6 Å². The number of thiazole rings is 1. The number of amides is 2. The topological polar surface area (TPSA) is 108 Å². The first-order chi connectivity index (χ1) is 13.9. The van der Waals surface area contributed by atoms with Gasteiger partial charge in [0.05, 0.1) is 22.0 Å². The fraction of sp³-hybridized carbons (Fsp3) is 0.368. The van der Waals surface area contributed by atoms with Crippen molar-refractivity contribution in [2.45, 2.75) is 36.3 Å². The lowest BCUT2D eigenvalue weighted by Gasteiger charge is -2.14. The van der Waals surface area contributed by atoms with Gasteiger partial charge in [-0.1, -0.05) is 35.8 Å². The number of carbonyl (C=O) groups excluding carboxylic acids is 2. The van der Waals surface area contributed by atoms with E-state index < -0.39 is 12.0 Å². The van der Waals surface area contributed by atoms with Crippen LogP contribution in [0.3, 0.4) is 0 Å². The summed E-state index contributed by atoms with van der Waals surface area (Å²) in [5.41, 5.74) is 1.19. The number of hydrogen-bond donors (Lipinski definition) is 3. The lowest BCUT2D eigenvalue weighted by molar-refractivity contribution is -0.136. The van der Waals surface area contributed by atoms with Gasteiger partial charge in [-0.3, -0.25) is 14.9 Å². The first-order valence-electron chi connectivity index (χ1n) is 9.04. The van der Waals surface area contributed by atoms with E-state index in [1.807, 2.05) is 6.26 Å². The number of carboxylic acids is 1. The van der Waals surface area contributed by atoms with Crippen LogP contribution in [0.5, 0.6) is 0 Å². The molecular formula is C19H20ClN3O4S2. The molecule has 154 valence electrons. The molecule has 10 heteroatoms. The number of urea groups is 1. The largest absolute Gasteiger partial charge is 0.481 e. The van der Waals surface area contributed by atoms with Crippen LogP contribution >= 0.6 is 34.7 Å². The number of thioether (sulfide) groups is 1. The Balaban J connectivity index is 1.75. The summed E-state index contributed by atoms with van der Waals surface area (Å²) < 4.78 is 0.728. The minimum absolute atomic E-state index is 0.0111. The number of rotatable bonds is 7. The molecule has 7 nitrogen and oxygen atoms in total. The van der Waals surface area contributed by atoms with Gasteiger partial charge in [0, 0.05) is 16.5 Å². The van der Waals surface area contributed by atoms with Crippen LogP contribution in [0.4, 0.5) is 15.6 Å². The lowest BCUT2D eigenvalue weighted by atomic mass is 9.95. The molecule has 0 spiro atoms. The standard InChI is InChI=1S/C19H20ClN3O4S2/c1-28-17-14(9-15(24)25)22-19(29-17)23-18(27)21-13-7-6-11(20)8-12(13)16(26)10-4-2-3-5-10/h6-8,10H,2-5,9H2,1H3,(H,24,25)(H2,21,22,23,27). The minimum atomic E-state index is -0.988. The number of nitrogens with zero attached hydrogens (tertiary/aromatic N) is 1. The van der Waals surface area contributed by atoms with Gasteiger partial charge in [0.25, 0.3) is 0 Å². The number of aromatic nitrogens is 1. The second-order valence-corrected chi connectivity index (χ2v) is 9.15. The molecule has 0 atom stereocenters. The maximum atomic E-state index is 12.9. The van der Waals surface area contributed by atoms with Crippen LogP contribution in [0.15, 0.2) is 22.4 Å². The van der Waals surface area contributed by atoms with E-state index in [0.717, 1.165) is 29.9 Å². The van der Waals surface area contributed by atoms with E-state index in [4.69, 9.17) is 16.7 Å². The smallest absolute Gasteiger partial charge is 0.325 e. The molecule has 0 unspecified atom stereocenters.